The van der Waals surface area contributed by atoms with Crippen LogP contribution in [0.25, 0.3) is 0 Å². The average molecular weight is 237 g/mol. The zero-order valence-electron chi connectivity index (χ0n) is 11.1. The van der Waals surface area contributed by atoms with E-state index in [4.69, 9.17) is 4.74 Å². The number of nitrogens with one attached hydrogen (secondary N) is 1. The molecule has 1 heterocycles. The molecule has 0 radical (unpaired) electrons. The van der Waals surface area contributed by atoms with Gasteiger partial charge in [-0.15, -0.1) is 0 Å². The first-order chi connectivity index (χ1) is 8.26. The molecule has 0 saturated heterocycles. The third kappa shape index (κ3) is 5.63. The summed E-state index contributed by atoms with van der Waals surface area (Å²) in [7, 11) is 1.74. The summed E-state index contributed by atoms with van der Waals surface area (Å²) in [5, 5.41) is 3.35. The number of hydrogen-bond donors (Lipinski definition) is 1. The average Bonchev–Trinajstić information content (AvgIpc) is 2.33. The van der Waals surface area contributed by atoms with E-state index >= 15 is 0 Å². The first kappa shape index (κ1) is 13.9. The van der Waals surface area contributed by atoms with Gasteiger partial charge in [0.1, 0.15) is 11.6 Å². The lowest BCUT2D eigenvalue weighted by Gasteiger charge is -2.07. The number of hydrogen-bond acceptors (Lipinski definition) is 4. The lowest BCUT2D eigenvalue weighted by atomic mass is 10.2. The summed E-state index contributed by atoms with van der Waals surface area (Å²) in [4.78, 5) is 8.72. The summed E-state index contributed by atoms with van der Waals surface area (Å²) in [6.45, 7) is 5.86. The Balaban J connectivity index is 2.28. The van der Waals surface area contributed by atoms with Gasteiger partial charge in [-0.3, -0.25) is 0 Å². The highest BCUT2D eigenvalue weighted by Crippen LogP contribution is 2.07. The van der Waals surface area contributed by atoms with Gasteiger partial charge in [0.15, 0.2) is 0 Å². The molecule has 4 heteroatoms. The number of rotatable bonds is 8. The molecule has 17 heavy (non-hydrogen) atoms. The summed E-state index contributed by atoms with van der Waals surface area (Å²) in [6, 6.07) is 2.03. The van der Waals surface area contributed by atoms with E-state index in [0.29, 0.717) is 0 Å². The Morgan fingerprint density at radius 2 is 2.06 bits per heavy atom. The predicted molar refractivity (Wildman–Crippen MR) is 70.4 cm³/mol. The van der Waals surface area contributed by atoms with Crippen molar-refractivity contribution in [3.8, 4) is 0 Å². The highest BCUT2D eigenvalue weighted by molar-refractivity contribution is 5.35. The van der Waals surface area contributed by atoms with Gasteiger partial charge in [-0.25, -0.2) is 9.97 Å². The van der Waals surface area contributed by atoms with Gasteiger partial charge in [0.25, 0.3) is 0 Å². The van der Waals surface area contributed by atoms with E-state index in [-0.39, 0.29) is 0 Å². The third-order valence-corrected chi connectivity index (χ3v) is 2.58. The number of nitrogens with zero attached hydrogens (tertiary/aromatic N) is 2. The van der Waals surface area contributed by atoms with Gasteiger partial charge in [-0.1, -0.05) is 6.92 Å². The smallest absolute Gasteiger partial charge is 0.129 e. The van der Waals surface area contributed by atoms with Crippen molar-refractivity contribution >= 4 is 5.82 Å². The summed E-state index contributed by atoms with van der Waals surface area (Å²) in [5.74, 6) is 1.78. The molecule has 4 nitrogen and oxygen atoms in total. The number of ether oxygens (including phenoxy) is 1. The van der Waals surface area contributed by atoms with Crippen LogP contribution in [0, 0.1) is 6.92 Å². The molecule has 0 aromatic carbocycles. The molecule has 0 unspecified atom stereocenters. The Kier molecular flexibility index (Phi) is 6.55. The summed E-state index contributed by atoms with van der Waals surface area (Å²) >= 11 is 0. The predicted octanol–water partition coefficient (Wildman–Crippen LogP) is 2.58. The molecule has 0 aliphatic rings. The Bertz CT molecular complexity index is 328. The standard InChI is InChI=1S/C13H23N3O/c1-4-12-10-13(16-11(2)15-12)14-8-6-5-7-9-17-3/h10H,4-9H2,1-3H3,(H,14,15,16). The minimum atomic E-state index is 0.839. The lowest BCUT2D eigenvalue weighted by molar-refractivity contribution is 0.192. The molecule has 96 valence electrons. The van der Waals surface area contributed by atoms with Crippen molar-refractivity contribution in [1.82, 2.24) is 9.97 Å². The van der Waals surface area contributed by atoms with Crippen LogP contribution in [0.4, 0.5) is 5.82 Å². The summed E-state index contributed by atoms with van der Waals surface area (Å²) in [6.07, 6.45) is 4.41. The fourth-order valence-electron chi connectivity index (χ4n) is 1.67. The molecule has 0 atom stereocenters. The van der Waals surface area contributed by atoms with E-state index in [1.807, 2.05) is 13.0 Å². The second-order valence-corrected chi connectivity index (χ2v) is 4.13. The van der Waals surface area contributed by atoms with Crippen molar-refractivity contribution in [2.45, 2.75) is 39.5 Å². The zero-order valence-corrected chi connectivity index (χ0v) is 11.1. The van der Waals surface area contributed by atoms with E-state index in [9.17, 15) is 0 Å². The molecule has 0 bridgehead atoms. The molecule has 0 aliphatic heterocycles. The van der Waals surface area contributed by atoms with E-state index in [1.54, 1.807) is 7.11 Å². The topological polar surface area (TPSA) is 47.0 Å². The van der Waals surface area contributed by atoms with Crippen molar-refractivity contribution in [2.75, 3.05) is 25.6 Å². The molecule has 0 fully saturated rings. The lowest BCUT2D eigenvalue weighted by Crippen LogP contribution is -2.06. The maximum atomic E-state index is 5.01. The highest BCUT2D eigenvalue weighted by Gasteiger charge is 1.99. The molecule has 0 amide bonds. The zero-order chi connectivity index (χ0) is 12.5. The Hall–Kier alpha value is -1.16. The van der Waals surface area contributed by atoms with Gasteiger partial charge in [-0.05, 0) is 32.6 Å². The highest BCUT2D eigenvalue weighted by atomic mass is 16.5. The van der Waals surface area contributed by atoms with Gasteiger partial charge in [0.2, 0.25) is 0 Å². The first-order valence-electron chi connectivity index (χ1n) is 6.33. The molecule has 0 spiro atoms. The van der Waals surface area contributed by atoms with Crippen molar-refractivity contribution < 1.29 is 4.74 Å². The van der Waals surface area contributed by atoms with E-state index in [0.717, 1.165) is 49.8 Å². The van der Waals surface area contributed by atoms with Crippen LogP contribution in [0.2, 0.25) is 0 Å². The molecule has 1 N–H and O–H groups in total. The number of aryl methyl sites for hydroxylation is 2. The summed E-state index contributed by atoms with van der Waals surface area (Å²) in [5.41, 5.74) is 1.10. The van der Waals surface area contributed by atoms with Crippen LogP contribution in [0.15, 0.2) is 6.07 Å². The van der Waals surface area contributed by atoms with Gasteiger partial charge in [0.05, 0.1) is 0 Å². The minimum Gasteiger partial charge on any atom is -0.385 e. The Labute approximate surface area is 104 Å². The normalized spacial score (nSPS) is 10.5. The second-order valence-electron chi connectivity index (χ2n) is 4.13. The van der Waals surface area contributed by atoms with Crippen LogP contribution in [0.5, 0.6) is 0 Å². The maximum absolute atomic E-state index is 5.01. The third-order valence-electron chi connectivity index (χ3n) is 2.58. The van der Waals surface area contributed by atoms with Gasteiger partial charge >= 0.3 is 0 Å². The monoisotopic (exact) mass is 237 g/mol. The van der Waals surface area contributed by atoms with Crippen molar-refractivity contribution in [3.63, 3.8) is 0 Å². The van der Waals surface area contributed by atoms with Crippen LogP contribution >= 0.6 is 0 Å². The number of aromatic nitrogens is 2. The van der Waals surface area contributed by atoms with Crippen LogP contribution in [0.1, 0.15) is 37.7 Å². The van der Waals surface area contributed by atoms with Crippen LogP contribution in [0.3, 0.4) is 0 Å². The van der Waals surface area contributed by atoms with Crippen LogP contribution < -0.4 is 5.32 Å². The molecule has 0 saturated carbocycles. The molecule has 1 rings (SSSR count). The van der Waals surface area contributed by atoms with Gasteiger partial charge in [0, 0.05) is 32.0 Å². The largest absolute Gasteiger partial charge is 0.385 e. The molecule has 0 aliphatic carbocycles. The van der Waals surface area contributed by atoms with Gasteiger partial charge < -0.3 is 10.1 Å². The molecule has 1 aromatic heterocycles. The quantitative estimate of drug-likeness (QED) is 0.706. The summed E-state index contributed by atoms with van der Waals surface area (Å²) < 4.78 is 5.01. The molecular formula is C13H23N3O. The number of anilines is 1. The van der Waals surface area contributed by atoms with Crippen molar-refractivity contribution in [1.29, 1.82) is 0 Å². The van der Waals surface area contributed by atoms with E-state index < -0.39 is 0 Å². The Morgan fingerprint density at radius 3 is 2.76 bits per heavy atom. The minimum absolute atomic E-state index is 0.839. The maximum Gasteiger partial charge on any atom is 0.129 e. The fourth-order valence-corrected chi connectivity index (χ4v) is 1.67. The molecular weight excluding hydrogens is 214 g/mol. The van der Waals surface area contributed by atoms with E-state index in [1.165, 1.54) is 6.42 Å². The number of methoxy groups -OCH3 is 1. The van der Waals surface area contributed by atoms with Crippen molar-refractivity contribution in [3.05, 3.63) is 17.6 Å². The van der Waals surface area contributed by atoms with Crippen molar-refractivity contribution in [2.24, 2.45) is 0 Å². The first-order valence-corrected chi connectivity index (χ1v) is 6.33. The Morgan fingerprint density at radius 1 is 1.24 bits per heavy atom. The SMILES string of the molecule is CCc1cc(NCCCCCOC)nc(C)n1. The second kappa shape index (κ2) is 8.01. The van der Waals surface area contributed by atoms with Crippen LogP contribution in [-0.2, 0) is 11.2 Å². The fraction of sp³-hybridized carbons (Fsp3) is 0.692. The van der Waals surface area contributed by atoms with E-state index in [2.05, 4.69) is 22.2 Å². The van der Waals surface area contributed by atoms with Gasteiger partial charge in [-0.2, -0.15) is 0 Å². The molecule has 1 aromatic rings. The number of unbranched alkanes of at least 4 members (excludes halogenated alkanes) is 2. The van der Waals surface area contributed by atoms with Crippen LogP contribution in [-0.4, -0.2) is 30.2 Å².